The van der Waals surface area contributed by atoms with E-state index in [1.807, 2.05) is 19.1 Å². The lowest BCUT2D eigenvalue weighted by Crippen LogP contribution is -2.04. The number of rotatable bonds is 4. The number of nitro groups is 1. The van der Waals surface area contributed by atoms with Gasteiger partial charge in [0.2, 0.25) is 5.82 Å². The molecule has 0 atom stereocenters. The molecule has 7 heteroatoms. The van der Waals surface area contributed by atoms with E-state index in [1.165, 1.54) is 0 Å². The lowest BCUT2D eigenvalue weighted by molar-refractivity contribution is -0.387. The van der Waals surface area contributed by atoms with Gasteiger partial charge in [0, 0.05) is 34.4 Å². The van der Waals surface area contributed by atoms with Gasteiger partial charge in [-0.05, 0) is 30.7 Å². The minimum Gasteiger partial charge on any atom is -0.381 e. The van der Waals surface area contributed by atoms with Crippen molar-refractivity contribution >= 4 is 27.3 Å². The molecule has 2 aromatic carbocycles. The highest BCUT2D eigenvalue weighted by Crippen LogP contribution is 2.23. The zero-order valence-electron chi connectivity index (χ0n) is 11.0. The predicted octanol–water partition coefficient (Wildman–Crippen LogP) is 4.56. The molecule has 0 aliphatic heterocycles. The van der Waals surface area contributed by atoms with Crippen LogP contribution in [0.25, 0.3) is 0 Å². The standard InChI is InChI=1S/C14H11BrF2N2O2/c1-8-2-10(15)5-11(3-8)18-7-9-4-14(19(20)21)13(17)6-12(9)16/h2-6,18H,7H2,1H3. The molecule has 0 saturated carbocycles. The van der Waals surface area contributed by atoms with Crippen molar-refractivity contribution in [3.8, 4) is 0 Å². The molecule has 4 nitrogen and oxygen atoms in total. The summed E-state index contributed by atoms with van der Waals surface area (Å²) < 4.78 is 27.7. The highest BCUT2D eigenvalue weighted by Gasteiger charge is 2.18. The summed E-state index contributed by atoms with van der Waals surface area (Å²) in [6.07, 6.45) is 0. The van der Waals surface area contributed by atoms with Crippen molar-refractivity contribution in [2.24, 2.45) is 0 Å². The van der Waals surface area contributed by atoms with Crippen molar-refractivity contribution in [1.82, 2.24) is 0 Å². The molecule has 2 rings (SSSR count). The topological polar surface area (TPSA) is 55.2 Å². The average molecular weight is 357 g/mol. The highest BCUT2D eigenvalue weighted by molar-refractivity contribution is 9.10. The number of nitrogens with zero attached hydrogens (tertiary/aromatic N) is 1. The molecule has 0 radical (unpaired) electrons. The summed E-state index contributed by atoms with van der Waals surface area (Å²) in [5, 5.41) is 13.6. The number of anilines is 1. The maximum atomic E-state index is 13.6. The average Bonchev–Trinajstić information content (AvgIpc) is 2.36. The van der Waals surface area contributed by atoms with E-state index in [-0.39, 0.29) is 12.1 Å². The predicted molar refractivity (Wildman–Crippen MR) is 79.2 cm³/mol. The van der Waals surface area contributed by atoms with Crippen LogP contribution in [-0.2, 0) is 6.54 Å². The molecule has 2 aromatic rings. The first-order valence-electron chi connectivity index (χ1n) is 6.00. The van der Waals surface area contributed by atoms with E-state index in [0.717, 1.165) is 21.8 Å². The van der Waals surface area contributed by atoms with E-state index < -0.39 is 22.2 Å². The summed E-state index contributed by atoms with van der Waals surface area (Å²) in [5.41, 5.74) is 1.02. The van der Waals surface area contributed by atoms with Crippen LogP contribution in [0.3, 0.4) is 0 Å². The quantitative estimate of drug-likeness (QED) is 0.645. The molecule has 0 aliphatic carbocycles. The van der Waals surface area contributed by atoms with E-state index in [2.05, 4.69) is 21.2 Å². The molecule has 0 heterocycles. The van der Waals surface area contributed by atoms with Crippen LogP contribution < -0.4 is 5.32 Å². The number of halogens is 3. The molecule has 1 N–H and O–H groups in total. The van der Waals surface area contributed by atoms with Crippen molar-refractivity contribution in [3.05, 3.63) is 67.7 Å². The first-order valence-corrected chi connectivity index (χ1v) is 6.79. The van der Waals surface area contributed by atoms with E-state index in [0.29, 0.717) is 6.07 Å². The van der Waals surface area contributed by atoms with Crippen molar-refractivity contribution < 1.29 is 13.7 Å². The van der Waals surface area contributed by atoms with Crippen LogP contribution in [0.15, 0.2) is 34.8 Å². The molecule has 21 heavy (non-hydrogen) atoms. The molecule has 110 valence electrons. The lowest BCUT2D eigenvalue weighted by Gasteiger charge is -2.09. The Kier molecular flexibility index (Phi) is 4.52. The van der Waals surface area contributed by atoms with Gasteiger partial charge in [-0.1, -0.05) is 15.9 Å². The molecule has 0 amide bonds. The fraction of sp³-hybridized carbons (Fsp3) is 0.143. The monoisotopic (exact) mass is 356 g/mol. The first-order chi connectivity index (χ1) is 9.86. The van der Waals surface area contributed by atoms with Gasteiger partial charge in [-0.3, -0.25) is 10.1 Å². The van der Waals surface area contributed by atoms with Gasteiger partial charge in [0.05, 0.1) is 4.92 Å². The van der Waals surface area contributed by atoms with Crippen LogP contribution >= 0.6 is 15.9 Å². The zero-order valence-corrected chi connectivity index (χ0v) is 12.6. The molecule has 0 fully saturated rings. The molecule has 0 bridgehead atoms. The van der Waals surface area contributed by atoms with Crippen molar-refractivity contribution in [2.45, 2.75) is 13.5 Å². The van der Waals surface area contributed by atoms with Crippen LogP contribution in [0, 0.1) is 28.7 Å². The van der Waals surface area contributed by atoms with Crippen molar-refractivity contribution in [2.75, 3.05) is 5.32 Å². The molecule has 0 unspecified atom stereocenters. The van der Waals surface area contributed by atoms with E-state index in [4.69, 9.17) is 0 Å². The van der Waals surface area contributed by atoms with Gasteiger partial charge in [-0.15, -0.1) is 0 Å². The summed E-state index contributed by atoms with van der Waals surface area (Å²) in [6.45, 7) is 1.92. The summed E-state index contributed by atoms with van der Waals surface area (Å²) in [4.78, 5) is 9.79. The minimum atomic E-state index is -1.18. The Morgan fingerprint density at radius 1 is 1.19 bits per heavy atom. The summed E-state index contributed by atoms with van der Waals surface area (Å²) in [6, 6.07) is 6.99. The number of nitrogens with one attached hydrogen (secondary N) is 1. The van der Waals surface area contributed by atoms with E-state index in [9.17, 15) is 18.9 Å². The second kappa shape index (κ2) is 6.17. The van der Waals surface area contributed by atoms with Crippen LogP contribution in [0.5, 0.6) is 0 Å². The zero-order chi connectivity index (χ0) is 15.6. The number of aryl methyl sites for hydroxylation is 1. The Labute approximate surface area is 128 Å². The highest BCUT2D eigenvalue weighted by atomic mass is 79.9. The van der Waals surface area contributed by atoms with Crippen molar-refractivity contribution in [1.29, 1.82) is 0 Å². The fourth-order valence-corrected chi connectivity index (χ4v) is 2.50. The number of benzene rings is 2. The van der Waals surface area contributed by atoms with Crippen LogP contribution in [0.2, 0.25) is 0 Å². The SMILES string of the molecule is Cc1cc(Br)cc(NCc2cc([N+](=O)[O-])c(F)cc2F)c1. The minimum absolute atomic E-state index is 0.0167. The third-order valence-corrected chi connectivity index (χ3v) is 3.30. The van der Waals surface area contributed by atoms with E-state index in [1.54, 1.807) is 6.07 Å². The Morgan fingerprint density at radius 3 is 2.52 bits per heavy atom. The number of hydrogen-bond acceptors (Lipinski definition) is 3. The number of hydrogen-bond donors (Lipinski definition) is 1. The molecular formula is C14H11BrF2N2O2. The summed E-state index contributed by atoms with van der Waals surface area (Å²) in [5.74, 6) is -2.00. The first kappa shape index (κ1) is 15.4. The van der Waals surface area contributed by atoms with Gasteiger partial charge in [0.25, 0.3) is 0 Å². The molecule has 0 aliphatic rings. The Morgan fingerprint density at radius 2 is 1.90 bits per heavy atom. The second-order valence-electron chi connectivity index (χ2n) is 4.52. The normalized spacial score (nSPS) is 10.5. The maximum absolute atomic E-state index is 13.6. The molecule has 0 spiro atoms. The Bertz CT molecular complexity index is 687. The summed E-state index contributed by atoms with van der Waals surface area (Å²) >= 11 is 3.34. The van der Waals surface area contributed by atoms with Gasteiger partial charge < -0.3 is 5.32 Å². The Balaban J connectivity index is 2.23. The molecular weight excluding hydrogens is 346 g/mol. The van der Waals surface area contributed by atoms with Crippen LogP contribution in [0.4, 0.5) is 20.2 Å². The van der Waals surface area contributed by atoms with Gasteiger partial charge in [-0.2, -0.15) is 4.39 Å². The third-order valence-electron chi connectivity index (χ3n) is 2.84. The second-order valence-corrected chi connectivity index (χ2v) is 5.44. The Hall–Kier alpha value is -2.02. The fourth-order valence-electron chi connectivity index (χ4n) is 1.89. The molecule has 0 aromatic heterocycles. The molecule has 0 saturated heterocycles. The van der Waals surface area contributed by atoms with Crippen LogP contribution in [0.1, 0.15) is 11.1 Å². The van der Waals surface area contributed by atoms with Crippen LogP contribution in [-0.4, -0.2) is 4.92 Å². The van der Waals surface area contributed by atoms with Gasteiger partial charge in [0.15, 0.2) is 0 Å². The van der Waals surface area contributed by atoms with Crippen molar-refractivity contribution in [3.63, 3.8) is 0 Å². The largest absolute Gasteiger partial charge is 0.381 e. The summed E-state index contributed by atoms with van der Waals surface area (Å²) in [7, 11) is 0. The number of nitro benzene ring substituents is 1. The van der Waals surface area contributed by atoms with Gasteiger partial charge >= 0.3 is 5.69 Å². The lowest BCUT2D eigenvalue weighted by atomic mass is 10.1. The maximum Gasteiger partial charge on any atom is 0.305 e. The smallest absolute Gasteiger partial charge is 0.305 e. The van der Waals surface area contributed by atoms with Gasteiger partial charge in [-0.25, -0.2) is 4.39 Å². The van der Waals surface area contributed by atoms with E-state index >= 15 is 0 Å². The third kappa shape index (κ3) is 3.75. The van der Waals surface area contributed by atoms with Gasteiger partial charge in [0.1, 0.15) is 5.82 Å².